The lowest BCUT2D eigenvalue weighted by atomic mass is 9.77. The van der Waals surface area contributed by atoms with Gasteiger partial charge in [-0.3, -0.25) is 0 Å². The van der Waals surface area contributed by atoms with Crippen LogP contribution in [0.15, 0.2) is 84.9 Å². The minimum atomic E-state index is -0.429. The van der Waals surface area contributed by atoms with E-state index in [4.69, 9.17) is 9.31 Å². The number of benzene rings is 4. The average Bonchev–Trinajstić information content (AvgIpc) is 3.23. The number of nitrogens with zero attached hydrogens (tertiary/aromatic N) is 1. The van der Waals surface area contributed by atoms with Crippen LogP contribution in [0.2, 0.25) is 0 Å². The molecule has 0 spiro atoms. The molecule has 1 aliphatic heterocycles. The van der Waals surface area contributed by atoms with Gasteiger partial charge in [-0.05, 0) is 45.2 Å². The number of para-hydroxylation sites is 2. The normalized spacial score (nSPS) is 17.6. The Morgan fingerprint density at radius 2 is 1.22 bits per heavy atom. The maximum atomic E-state index is 6.50. The van der Waals surface area contributed by atoms with Crippen LogP contribution in [-0.4, -0.2) is 22.9 Å². The molecule has 0 N–H and O–H groups in total. The van der Waals surface area contributed by atoms with Gasteiger partial charge in [0, 0.05) is 21.6 Å². The molecule has 1 fully saturated rings. The van der Waals surface area contributed by atoms with Crippen LogP contribution in [-0.2, 0) is 9.31 Å². The van der Waals surface area contributed by atoms with Crippen LogP contribution < -0.4 is 5.46 Å². The standard InChI is InChI=1S/C28H26BNO2/c1-27(2)28(3,4)32-29(31-27)23-16-10-15-22-21-14-7-8-17-25(21)30(26(22)23)24-18-9-12-19-11-5-6-13-20(19)24/h5-18H,1-4H3. The summed E-state index contributed by atoms with van der Waals surface area (Å²) in [5.74, 6) is 0. The molecule has 0 saturated carbocycles. The Bertz CT molecular complexity index is 1480. The van der Waals surface area contributed by atoms with Crippen molar-refractivity contribution in [3.05, 3.63) is 84.9 Å². The summed E-state index contributed by atoms with van der Waals surface area (Å²) in [6.07, 6.45) is 0. The van der Waals surface area contributed by atoms with Crippen molar-refractivity contribution in [2.45, 2.75) is 38.9 Å². The zero-order chi connectivity index (χ0) is 22.1. The molecule has 4 heteroatoms. The van der Waals surface area contributed by atoms with Gasteiger partial charge in [-0.2, -0.15) is 0 Å². The molecular weight excluding hydrogens is 393 g/mol. The van der Waals surface area contributed by atoms with Crippen LogP contribution in [0.1, 0.15) is 27.7 Å². The average molecular weight is 419 g/mol. The molecule has 0 atom stereocenters. The van der Waals surface area contributed by atoms with Crippen LogP contribution in [0.4, 0.5) is 0 Å². The van der Waals surface area contributed by atoms with Gasteiger partial charge in [0.25, 0.3) is 0 Å². The Balaban J connectivity index is 1.72. The Morgan fingerprint density at radius 3 is 2.00 bits per heavy atom. The Hall–Kier alpha value is -3.08. The molecular formula is C28H26BNO2. The molecule has 0 unspecified atom stereocenters. The first-order chi connectivity index (χ1) is 15.4. The maximum absolute atomic E-state index is 6.50. The number of hydrogen-bond acceptors (Lipinski definition) is 2. The predicted octanol–water partition coefficient (Wildman–Crippen LogP) is 6.24. The number of fused-ring (bicyclic) bond motifs is 4. The van der Waals surface area contributed by atoms with E-state index >= 15 is 0 Å². The maximum Gasteiger partial charge on any atom is 0.497 e. The molecule has 2 heterocycles. The molecule has 3 nitrogen and oxygen atoms in total. The topological polar surface area (TPSA) is 23.4 Å². The molecule has 0 aliphatic carbocycles. The molecule has 0 radical (unpaired) electrons. The second kappa shape index (κ2) is 6.71. The summed E-state index contributed by atoms with van der Waals surface area (Å²) in [6.45, 7) is 8.42. The third-order valence-electron chi connectivity index (χ3n) is 7.24. The molecule has 1 aromatic heterocycles. The van der Waals surface area contributed by atoms with Crippen molar-refractivity contribution in [1.29, 1.82) is 0 Å². The highest BCUT2D eigenvalue weighted by Gasteiger charge is 2.52. The van der Waals surface area contributed by atoms with E-state index in [1.807, 2.05) is 0 Å². The summed E-state index contributed by atoms with van der Waals surface area (Å²) < 4.78 is 15.4. The fourth-order valence-corrected chi connectivity index (χ4v) is 4.86. The van der Waals surface area contributed by atoms with Gasteiger partial charge in [0.1, 0.15) is 0 Å². The van der Waals surface area contributed by atoms with Gasteiger partial charge < -0.3 is 13.9 Å². The molecule has 32 heavy (non-hydrogen) atoms. The van der Waals surface area contributed by atoms with Crippen molar-refractivity contribution in [3.63, 3.8) is 0 Å². The van der Waals surface area contributed by atoms with Gasteiger partial charge in [0.15, 0.2) is 0 Å². The Kier molecular flexibility index (Phi) is 4.11. The molecule has 4 aromatic carbocycles. The van der Waals surface area contributed by atoms with Gasteiger partial charge in [0.2, 0.25) is 0 Å². The molecule has 1 saturated heterocycles. The minimum absolute atomic E-state index is 0.393. The first-order valence-electron chi connectivity index (χ1n) is 11.2. The smallest absolute Gasteiger partial charge is 0.399 e. The van der Waals surface area contributed by atoms with Crippen LogP contribution in [0.25, 0.3) is 38.3 Å². The van der Waals surface area contributed by atoms with Crippen molar-refractivity contribution in [1.82, 2.24) is 4.57 Å². The lowest BCUT2D eigenvalue weighted by molar-refractivity contribution is 0.00578. The van der Waals surface area contributed by atoms with E-state index in [1.165, 1.54) is 32.7 Å². The lowest BCUT2D eigenvalue weighted by Crippen LogP contribution is -2.41. The zero-order valence-corrected chi connectivity index (χ0v) is 18.9. The van der Waals surface area contributed by atoms with Crippen molar-refractivity contribution >= 4 is 45.2 Å². The summed E-state index contributed by atoms with van der Waals surface area (Å²) in [7, 11) is -0.429. The number of rotatable bonds is 2. The summed E-state index contributed by atoms with van der Waals surface area (Å²) in [5, 5.41) is 4.89. The van der Waals surface area contributed by atoms with Crippen LogP contribution >= 0.6 is 0 Å². The van der Waals surface area contributed by atoms with Gasteiger partial charge in [-0.15, -0.1) is 0 Å². The third kappa shape index (κ3) is 2.70. The molecule has 0 bridgehead atoms. The highest BCUT2D eigenvalue weighted by atomic mass is 16.7. The van der Waals surface area contributed by atoms with Crippen molar-refractivity contribution in [3.8, 4) is 5.69 Å². The summed E-state index contributed by atoms with van der Waals surface area (Å²) in [6, 6.07) is 30.1. The Labute approximate surface area is 188 Å². The second-order valence-electron chi connectivity index (χ2n) is 9.68. The lowest BCUT2D eigenvalue weighted by Gasteiger charge is -2.32. The van der Waals surface area contributed by atoms with E-state index < -0.39 is 18.3 Å². The highest BCUT2D eigenvalue weighted by molar-refractivity contribution is 6.65. The summed E-state index contributed by atoms with van der Waals surface area (Å²) in [4.78, 5) is 0. The van der Waals surface area contributed by atoms with Gasteiger partial charge in [0.05, 0.1) is 27.9 Å². The second-order valence-corrected chi connectivity index (χ2v) is 9.68. The van der Waals surface area contributed by atoms with Crippen molar-refractivity contribution in [2.24, 2.45) is 0 Å². The monoisotopic (exact) mass is 419 g/mol. The van der Waals surface area contributed by atoms with Crippen molar-refractivity contribution < 1.29 is 9.31 Å². The summed E-state index contributed by atoms with van der Waals surface area (Å²) in [5.41, 5.74) is 3.77. The zero-order valence-electron chi connectivity index (χ0n) is 18.9. The molecule has 158 valence electrons. The Morgan fingerprint density at radius 1 is 0.625 bits per heavy atom. The number of aromatic nitrogens is 1. The van der Waals surface area contributed by atoms with Crippen LogP contribution in [0, 0.1) is 0 Å². The van der Waals surface area contributed by atoms with E-state index in [1.54, 1.807) is 0 Å². The van der Waals surface area contributed by atoms with Gasteiger partial charge in [-0.1, -0.05) is 72.8 Å². The fourth-order valence-electron chi connectivity index (χ4n) is 4.86. The first kappa shape index (κ1) is 19.6. The number of hydrogen-bond donors (Lipinski definition) is 0. The predicted molar refractivity (Wildman–Crippen MR) is 134 cm³/mol. The van der Waals surface area contributed by atoms with E-state index in [0.29, 0.717) is 0 Å². The van der Waals surface area contributed by atoms with Crippen LogP contribution in [0.3, 0.4) is 0 Å². The van der Waals surface area contributed by atoms with E-state index in [-0.39, 0.29) is 0 Å². The largest absolute Gasteiger partial charge is 0.497 e. The van der Waals surface area contributed by atoms with Gasteiger partial charge in [-0.25, -0.2) is 0 Å². The molecule has 0 amide bonds. The van der Waals surface area contributed by atoms with Crippen LogP contribution in [0.5, 0.6) is 0 Å². The van der Waals surface area contributed by atoms with Crippen molar-refractivity contribution in [2.75, 3.05) is 0 Å². The molecule has 5 aromatic rings. The molecule has 6 rings (SSSR count). The third-order valence-corrected chi connectivity index (χ3v) is 7.24. The molecule has 1 aliphatic rings. The van der Waals surface area contributed by atoms with E-state index in [9.17, 15) is 0 Å². The summed E-state index contributed by atoms with van der Waals surface area (Å²) >= 11 is 0. The van der Waals surface area contributed by atoms with E-state index in [2.05, 4.69) is 117 Å². The first-order valence-corrected chi connectivity index (χ1v) is 11.2. The van der Waals surface area contributed by atoms with Gasteiger partial charge >= 0.3 is 7.12 Å². The highest BCUT2D eigenvalue weighted by Crippen LogP contribution is 2.39. The quantitative estimate of drug-likeness (QED) is 0.317. The SMILES string of the molecule is CC1(C)OB(c2cccc3c4ccccc4n(-c4cccc5ccccc45)c23)OC1(C)C. The van der Waals surface area contributed by atoms with E-state index in [0.717, 1.165) is 11.0 Å². The fraction of sp³-hybridized carbons (Fsp3) is 0.214. The minimum Gasteiger partial charge on any atom is -0.399 e.